The second kappa shape index (κ2) is 10.0. The van der Waals surface area contributed by atoms with E-state index in [0.717, 1.165) is 17.5 Å². The van der Waals surface area contributed by atoms with Gasteiger partial charge in [0.15, 0.2) is 11.5 Å². The molecular weight excluding hydrogens is 553 g/mol. The number of imidazole rings is 1. The first-order valence-corrected chi connectivity index (χ1v) is 12.7. The number of nitrogens with one attached hydrogen (secondary N) is 1. The average molecular weight is 577 g/mol. The molecule has 0 aliphatic carbocycles. The average Bonchev–Trinajstić information content (AvgIpc) is 3.64. The van der Waals surface area contributed by atoms with E-state index in [0.29, 0.717) is 22.0 Å². The van der Waals surface area contributed by atoms with Crippen molar-refractivity contribution in [2.45, 2.75) is 45.9 Å². The minimum absolute atomic E-state index is 0.0350. The number of carbonyl (C=O) groups is 2. The summed E-state index contributed by atoms with van der Waals surface area (Å²) in [6.07, 6.45) is -3.46. The van der Waals surface area contributed by atoms with Crippen LogP contribution in [0.15, 0.2) is 34.6 Å². The normalized spacial score (nSPS) is 16.3. The molecule has 12 nitrogen and oxygen atoms in total. The number of alkyl halides is 3. The standard InChI is InChI=1S/C24H23F3N8O4S/c1-11-5-14(7-28-18(11)24(25,26)27)21-31-16(9-40-21)30-20(36)13(3)35-10-29-19-17(35)22(37)34(23(38)33(19)4)8-15-6-12(2)39-32-15/h5-7,9-10,13,23,38H,8H2,1-4H3,(H,30,36)/t13-,23?/m0/s1. The van der Waals surface area contributed by atoms with Crippen molar-refractivity contribution in [1.29, 1.82) is 0 Å². The summed E-state index contributed by atoms with van der Waals surface area (Å²) in [6, 6.07) is 2.07. The van der Waals surface area contributed by atoms with Gasteiger partial charge < -0.3 is 24.4 Å². The quantitative estimate of drug-likeness (QED) is 0.352. The van der Waals surface area contributed by atoms with E-state index in [1.807, 2.05) is 0 Å². The number of aromatic nitrogens is 5. The molecule has 0 fully saturated rings. The van der Waals surface area contributed by atoms with Crippen LogP contribution in [-0.4, -0.2) is 59.9 Å². The molecule has 0 spiro atoms. The SMILES string of the molecule is Cc1cc(CN2C(=O)c3c(ncn3[C@@H](C)C(=O)Nc3csc(-c4cnc(C(F)(F)F)c(C)c4)n3)N(C)C2O)no1. The summed E-state index contributed by atoms with van der Waals surface area (Å²) in [5.41, 5.74) is -0.0994. The molecule has 1 unspecified atom stereocenters. The highest BCUT2D eigenvalue weighted by Crippen LogP contribution is 2.34. The molecule has 2 amide bonds. The Morgan fingerprint density at radius 3 is 2.67 bits per heavy atom. The van der Waals surface area contributed by atoms with E-state index in [4.69, 9.17) is 4.52 Å². The predicted octanol–water partition coefficient (Wildman–Crippen LogP) is 3.59. The number of thiazole rings is 1. The Hall–Kier alpha value is -4.31. The Labute approximate surface area is 229 Å². The molecule has 2 N–H and O–H groups in total. The van der Waals surface area contributed by atoms with Crippen LogP contribution in [0.1, 0.15) is 46.2 Å². The number of hydrogen-bond donors (Lipinski definition) is 2. The number of rotatable bonds is 6. The van der Waals surface area contributed by atoms with Crippen LogP contribution in [0.2, 0.25) is 0 Å². The third-order valence-electron chi connectivity index (χ3n) is 6.35. The van der Waals surface area contributed by atoms with E-state index in [1.54, 1.807) is 32.3 Å². The fourth-order valence-electron chi connectivity index (χ4n) is 4.30. The molecule has 0 radical (unpaired) electrons. The van der Waals surface area contributed by atoms with Crippen LogP contribution < -0.4 is 10.2 Å². The van der Waals surface area contributed by atoms with Crippen molar-refractivity contribution >= 4 is 34.8 Å². The molecule has 2 atom stereocenters. The van der Waals surface area contributed by atoms with Crippen molar-refractivity contribution in [3.63, 3.8) is 0 Å². The number of hydrogen-bond acceptors (Lipinski definition) is 10. The fourth-order valence-corrected chi connectivity index (χ4v) is 5.03. The molecule has 5 heterocycles. The van der Waals surface area contributed by atoms with Gasteiger partial charge in [-0.3, -0.25) is 19.5 Å². The summed E-state index contributed by atoms with van der Waals surface area (Å²) in [6.45, 7) is 4.55. The van der Waals surface area contributed by atoms with E-state index in [9.17, 15) is 27.9 Å². The molecule has 210 valence electrons. The second-order valence-corrected chi connectivity index (χ2v) is 10.1. The van der Waals surface area contributed by atoms with Crippen LogP contribution in [0.4, 0.5) is 24.8 Å². The number of fused-ring (bicyclic) bond motifs is 1. The number of nitrogens with zero attached hydrogens (tertiary/aromatic N) is 7. The number of carbonyl (C=O) groups excluding carboxylic acids is 2. The lowest BCUT2D eigenvalue weighted by Gasteiger charge is -2.38. The lowest BCUT2D eigenvalue weighted by Crippen LogP contribution is -2.54. The lowest BCUT2D eigenvalue weighted by molar-refractivity contribution is -0.141. The van der Waals surface area contributed by atoms with Crippen molar-refractivity contribution in [1.82, 2.24) is 29.6 Å². The Morgan fingerprint density at radius 2 is 2.02 bits per heavy atom. The highest BCUT2D eigenvalue weighted by molar-refractivity contribution is 7.13. The van der Waals surface area contributed by atoms with Crippen molar-refractivity contribution in [3.8, 4) is 10.6 Å². The number of halogens is 3. The van der Waals surface area contributed by atoms with Gasteiger partial charge in [-0.2, -0.15) is 13.2 Å². The minimum atomic E-state index is -4.56. The molecule has 40 heavy (non-hydrogen) atoms. The van der Waals surface area contributed by atoms with Crippen LogP contribution >= 0.6 is 11.3 Å². The van der Waals surface area contributed by atoms with Crippen molar-refractivity contribution in [2.75, 3.05) is 17.3 Å². The van der Waals surface area contributed by atoms with Gasteiger partial charge in [0.1, 0.15) is 34.0 Å². The first-order valence-electron chi connectivity index (χ1n) is 11.9. The molecule has 4 aromatic heterocycles. The van der Waals surface area contributed by atoms with Gasteiger partial charge >= 0.3 is 6.18 Å². The van der Waals surface area contributed by atoms with Crippen LogP contribution in [0.3, 0.4) is 0 Å². The van der Waals surface area contributed by atoms with Crippen LogP contribution in [0.5, 0.6) is 0 Å². The summed E-state index contributed by atoms with van der Waals surface area (Å²) < 4.78 is 45.6. The lowest BCUT2D eigenvalue weighted by atomic mass is 10.1. The first kappa shape index (κ1) is 27.3. The van der Waals surface area contributed by atoms with E-state index in [1.165, 1.54) is 33.7 Å². The van der Waals surface area contributed by atoms with Gasteiger partial charge in [0.2, 0.25) is 12.3 Å². The summed E-state index contributed by atoms with van der Waals surface area (Å²) in [5, 5.41) is 19.2. The number of aliphatic hydroxyl groups is 1. The first-order chi connectivity index (χ1) is 18.8. The highest BCUT2D eigenvalue weighted by Gasteiger charge is 2.40. The molecule has 0 saturated heterocycles. The Bertz CT molecular complexity index is 1600. The third-order valence-corrected chi connectivity index (χ3v) is 7.24. The number of anilines is 2. The van der Waals surface area contributed by atoms with E-state index >= 15 is 0 Å². The summed E-state index contributed by atoms with van der Waals surface area (Å²) in [4.78, 5) is 41.2. The van der Waals surface area contributed by atoms with Gasteiger partial charge in [-0.25, -0.2) is 9.97 Å². The van der Waals surface area contributed by atoms with Gasteiger partial charge in [0, 0.05) is 30.3 Å². The van der Waals surface area contributed by atoms with E-state index in [2.05, 4.69) is 25.4 Å². The van der Waals surface area contributed by atoms with Crippen LogP contribution in [0.25, 0.3) is 10.6 Å². The van der Waals surface area contributed by atoms with Crippen molar-refractivity contribution < 1.29 is 32.4 Å². The molecule has 4 aromatic rings. The topological polar surface area (TPSA) is 143 Å². The fraction of sp³-hybridized carbons (Fsp3) is 0.333. The zero-order valence-corrected chi connectivity index (χ0v) is 22.4. The maximum Gasteiger partial charge on any atom is 0.433 e. The molecule has 16 heteroatoms. The molecule has 5 rings (SSSR count). The molecule has 0 bridgehead atoms. The number of pyridine rings is 1. The maximum absolute atomic E-state index is 13.4. The van der Waals surface area contributed by atoms with Crippen LogP contribution in [-0.2, 0) is 17.5 Å². The number of aryl methyl sites for hydroxylation is 2. The molecule has 0 aromatic carbocycles. The number of amides is 2. The second-order valence-electron chi connectivity index (χ2n) is 9.23. The van der Waals surface area contributed by atoms with Gasteiger partial charge in [-0.05, 0) is 32.4 Å². The zero-order valence-electron chi connectivity index (χ0n) is 21.6. The third kappa shape index (κ3) is 4.90. The zero-order chi connectivity index (χ0) is 28.9. The minimum Gasteiger partial charge on any atom is -0.361 e. The predicted molar refractivity (Wildman–Crippen MR) is 136 cm³/mol. The van der Waals surface area contributed by atoms with Gasteiger partial charge in [0.25, 0.3) is 5.91 Å². The molecule has 1 aliphatic rings. The smallest absolute Gasteiger partial charge is 0.361 e. The van der Waals surface area contributed by atoms with E-state index < -0.39 is 36.1 Å². The van der Waals surface area contributed by atoms with Crippen LogP contribution in [0, 0.1) is 13.8 Å². The maximum atomic E-state index is 13.4. The van der Waals surface area contributed by atoms with Gasteiger partial charge in [-0.1, -0.05) is 5.16 Å². The molecular formula is C24H23F3N8O4S. The van der Waals surface area contributed by atoms with Crippen molar-refractivity contribution in [2.24, 2.45) is 0 Å². The van der Waals surface area contributed by atoms with E-state index in [-0.39, 0.29) is 29.4 Å². The molecule has 0 saturated carbocycles. The number of aliphatic hydroxyl groups excluding tert-OH is 1. The summed E-state index contributed by atoms with van der Waals surface area (Å²) in [7, 11) is 1.56. The van der Waals surface area contributed by atoms with Gasteiger partial charge in [-0.15, -0.1) is 11.3 Å². The monoisotopic (exact) mass is 576 g/mol. The van der Waals surface area contributed by atoms with Crippen molar-refractivity contribution in [3.05, 3.63) is 58.4 Å². The Morgan fingerprint density at radius 1 is 1.27 bits per heavy atom. The summed E-state index contributed by atoms with van der Waals surface area (Å²) in [5.74, 6) is -0.136. The van der Waals surface area contributed by atoms with Gasteiger partial charge in [0.05, 0.1) is 12.9 Å². The Kier molecular flexibility index (Phi) is 6.83. The highest BCUT2D eigenvalue weighted by atomic mass is 32.1. The molecule has 1 aliphatic heterocycles. The Balaban J connectivity index is 1.34. The summed E-state index contributed by atoms with van der Waals surface area (Å²) >= 11 is 1.13. The largest absolute Gasteiger partial charge is 0.433 e.